The fourth-order valence-corrected chi connectivity index (χ4v) is 2.08. The molecule has 2 N–H and O–H groups in total. The summed E-state index contributed by atoms with van der Waals surface area (Å²) in [5.74, 6) is 0.211. The van der Waals surface area contributed by atoms with Crippen LogP contribution in [0.2, 0.25) is 0 Å². The Hall–Kier alpha value is -2.29. The lowest BCUT2D eigenvalue weighted by Crippen LogP contribution is -2.23. The van der Waals surface area contributed by atoms with Gasteiger partial charge in [-0.3, -0.25) is 4.79 Å². The van der Waals surface area contributed by atoms with E-state index in [0.717, 1.165) is 12.0 Å². The minimum absolute atomic E-state index is 0.00324. The van der Waals surface area contributed by atoms with Crippen LogP contribution in [0.4, 0.5) is 0 Å². The van der Waals surface area contributed by atoms with E-state index in [1.54, 1.807) is 18.2 Å². The zero-order chi connectivity index (χ0) is 14.4. The number of nitrogens with one attached hydrogen (secondary N) is 1. The van der Waals surface area contributed by atoms with Gasteiger partial charge >= 0.3 is 0 Å². The van der Waals surface area contributed by atoms with Crippen molar-refractivity contribution >= 4 is 5.91 Å². The predicted molar refractivity (Wildman–Crippen MR) is 79.5 cm³/mol. The van der Waals surface area contributed by atoms with Crippen LogP contribution >= 0.6 is 0 Å². The quantitative estimate of drug-likeness (QED) is 0.876. The molecule has 0 aromatic heterocycles. The molecule has 2 aromatic rings. The molecule has 3 heteroatoms. The van der Waals surface area contributed by atoms with Crippen LogP contribution in [0, 0.1) is 6.92 Å². The van der Waals surface area contributed by atoms with Crippen molar-refractivity contribution in [2.75, 3.05) is 0 Å². The highest BCUT2D eigenvalue weighted by Crippen LogP contribution is 2.15. The van der Waals surface area contributed by atoms with E-state index >= 15 is 0 Å². The largest absolute Gasteiger partial charge is 0.508 e. The Morgan fingerprint density at radius 1 is 1.05 bits per heavy atom. The molecule has 0 bridgehead atoms. The van der Waals surface area contributed by atoms with E-state index in [1.165, 1.54) is 11.1 Å². The molecule has 0 aliphatic carbocycles. The number of phenolic OH excluding ortho intramolecular Hbond substituents is 1. The average Bonchev–Trinajstić information content (AvgIpc) is 2.45. The van der Waals surface area contributed by atoms with Crippen molar-refractivity contribution in [3.63, 3.8) is 0 Å². The molecule has 0 unspecified atom stereocenters. The van der Waals surface area contributed by atoms with Crippen LogP contribution in [0.3, 0.4) is 0 Å². The first-order valence-electron chi connectivity index (χ1n) is 6.75. The SMILES string of the molecule is Cc1ccccc1CCC(=O)NCc1ccccc1O. The molecule has 0 aliphatic rings. The molecule has 0 radical (unpaired) electrons. The van der Waals surface area contributed by atoms with Crippen molar-refractivity contribution in [2.45, 2.75) is 26.3 Å². The van der Waals surface area contributed by atoms with Crippen molar-refractivity contribution in [3.05, 3.63) is 65.2 Å². The number of carbonyl (C=O) groups excluding carboxylic acids is 1. The first-order valence-corrected chi connectivity index (χ1v) is 6.75. The van der Waals surface area contributed by atoms with Crippen LogP contribution in [-0.2, 0) is 17.8 Å². The number of aromatic hydroxyl groups is 1. The van der Waals surface area contributed by atoms with Gasteiger partial charge in [0.25, 0.3) is 0 Å². The average molecular weight is 269 g/mol. The zero-order valence-electron chi connectivity index (χ0n) is 11.6. The molecule has 0 atom stereocenters. The van der Waals surface area contributed by atoms with Crippen molar-refractivity contribution in [3.8, 4) is 5.75 Å². The molecule has 20 heavy (non-hydrogen) atoms. The Balaban J connectivity index is 1.82. The second-order valence-corrected chi connectivity index (χ2v) is 4.83. The molecule has 0 spiro atoms. The highest BCUT2D eigenvalue weighted by atomic mass is 16.3. The maximum atomic E-state index is 11.8. The minimum Gasteiger partial charge on any atom is -0.508 e. The van der Waals surface area contributed by atoms with E-state index in [1.807, 2.05) is 24.3 Å². The lowest BCUT2D eigenvalue weighted by atomic mass is 10.0. The third kappa shape index (κ3) is 3.85. The first kappa shape index (κ1) is 14.1. The highest BCUT2D eigenvalue weighted by molar-refractivity contribution is 5.76. The van der Waals surface area contributed by atoms with Gasteiger partial charge in [0.2, 0.25) is 5.91 Å². The summed E-state index contributed by atoms with van der Waals surface area (Å²) < 4.78 is 0. The lowest BCUT2D eigenvalue weighted by Gasteiger charge is -2.08. The molecule has 104 valence electrons. The summed E-state index contributed by atoms with van der Waals surface area (Å²) in [7, 11) is 0. The number of benzene rings is 2. The molecule has 0 fully saturated rings. The maximum Gasteiger partial charge on any atom is 0.220 e. The highest BCUT2D eigenvalue weighted by Gasteiger charge is 2.05. The van der Waals surface area contributed by atoms with Crippen LogP contribution in [-0.4, -0.2) is 11.0 Å². The first-order chi connectivity index (χ1) is 9.66. The number of carbonyl (C=O) groups is 1. The lowest BCUT2D eigenvalue weighted by molar-refractivity contribution is -0.121. The predicted octanol–water partition coefficient (Wildman–Crippen LogP) is 2.95. The van der Waals surface area contributed by atoms with Gasteiger partial charge in [0.05, 0.1) is 0 Å². The fraction of sp³-hybridized carbons (Fsp3) is 0.235. The van der Waals surface area contributed by atoms with E-state index in [-0.39, 0.29) is 11.7 Å². The van der Waals surface area contributed by atoms with Gasteiger partial charge in [-0.15, -0.1) is 0 Å². The number of hydrogen-bond acceptors (Lipinski definition) is 2. The normalized spacial score (nSPS) is 10.2. The second-order valence-electron chi connectivity index (χ2n) is 4.83. The molecule has 0 saturated heterocycles. The van der Waals surface area contributed by atoms with Gasteiger partial charge in [-0.1, -0.05) is 42.5 Å². The molecular weight excluding hydrogens is 250 g/mol. The van der Waals surface area contributed by atoms with E-state index in [2.05, 4.69) is 18.3 Å². The van der Waals surface area contributed by atoms with Gasteiger partial charge in [0, 0.05) is 18.5 Å². The van der Waals surface area contributed by atoms with Crippen LogP contribution in [0.25, 0.3) is 0 Å². The van der Waals surface area contributed by atoms with E-state index < -0.39 is 0 Å². The Kier molecular flexibility index (Phi) is 4.77. The number of para-hydroxylation sites is 1. The van der Waals surface area contributed by atoms with Crippen LogP contribution in [0.1, 0.15) is 23.1 Å². The van der Waals surface area contributed by atoms with Crippen LogP contribution < -0.4 is 5.32 Å². The fourth-order valence-electron chi connectivity index (χ4n) is 2.08. The Bertz CT molecular complexity index is 542. The van der Waals surface area contributed by atoms with Gasteiger partial charge < -0.3 is 10.4 Å². The summed E-state index contributed by atoms with van der Waals surface area (Å²) in [6, 6.07) is 15.1. The zero-order valence-corrected chi connectivity index (χ0v) is 11.6. The number of amides is 1. The number of hydrogen-bond donors (Lipinski definition) is 2. The van der Waals surface area contributed by atoms with Gasteiger partial charge in [-0.05, 0) is 30.5 Å². The third-order valence-corrected chi connectivity index (χ3v) is 3.35. The van der Waals surface area contributed by atoms with E-state index in [4.69, 9.17) is 0 Å². The standard InChI is InChI=1S/C17H19NO2/c1-13-6-2-3-7-14(13)10-11-17(20)18-12-15-8-4-5-9-16(15)19/h2-9,19H,10-12H2,1H3,(H,18,20). The monoisotopic (exact) mass is 269 g/mol. The molecule has 2 aromatic carbocycles. The van der Waals surface area contributed by atoms with Crippen molar-refractivity contribution in [2.24, 2.45) is 0 Å². The molecule has 1 amide bonds. The van der Waals surface area contributed by atoms with Crippen LogP contribution in [0.5, 0.6) is 5.75 Å². The van der Waals surface area contributed by atoms with Crippen molar-refractivity contribution in [1.82, 2.24) is 5.32 Å². The summed E-state index contributed by atoms with van der Waals surface area (Å²) >= 11 is 0. The summed E-state index contributed by atoms with van der Waals surface area (Å²) in [5.41, 5.74) is 3.14. The molecule has 0 heterocycles. The van der Waals surface area contributed by atoms with Gasteiger partial charge in [0.1, 0.15) is 5.75 Å². The van der Waals surface area contributed by atoms with E-state index in [0.29, 0.717) is 13.0 Å². The molecular formula is C17H19NO2. The summed E-state index contributed by atoms with van der Waals surface area (Å²) in [6.45, 7) is 2.41. The van der Waals surface area contributed by atoms with Crippen LogP contribution in [0.15, 0.2) is 48.5 Å². The van der Waals surface area contributed by atoms with Gasteiger partial charge in [-0.2, -0.15) is 0 Å². The van der Waals surface area contributed by atoms with Gasteiger partial charge in [-0.25, -0.2) is 0 Å². The Labute approximate surface area is 119 Å². The molecule has 3 nitrogen and oxygen atoms in total. The molecule has 0 aliphatic heterocycles. The molecule has 2 rings (SSSR count). The number of rotatable bonds is 5. The smallest absolute Gasteiger partial charge is 0.220 e. The Morgan fingerprint density at radius 3 is 2.40 bits per heavy atom. The summed E-state index contributed by atoms with van der Waals surface area (Å²) in [5, 5.41) is 12.4. The Morgan fingerprint density at radius 2 is 1.70 bits per heavy atom. The second kappa shape index (κ2) is 6.75. The third-order valence-electron chi connectivity index (χ3n) is 3.35. The number of phenols is 1. The van der Waals surface area contributed by atoms with Crippen molar-refractivity contribution < 1.29 is 9.90 Å². The summed E-state index contributed by atoms with van der Waals surface area (Å²) in [6.07, 6.45) is 1.19. The van der Waals surface area contributed by atoms with E-state index in [9.17, 15) is 9.90 Å². The maximum absolute atomic E-state index is 11.8. The minimum atomic E-state index is -0.00324. The summed E-state index contributed by atoms with van der Waals surface area (Å²) in [4.78, 5) is 11.8. The van der Waals surface area contributed by atoms with Gasteiger partial charge in [0.15, 0.2) is 0 Å². The molecule has 0 saturated carbocycles. The van der Waals surface area contributed by atoms with Crippen molar-refractivity contribution in [1.29, 1.82) is 0 Å². The topological polar surface area (TPSA) is 49.3 Å². The number of aryl methyl sites for hydroxylation is 2.